The van der Waals surface area contributed by atoms with Crippen LogP contribution in [0, 0.1) is 0 Å². The van der Waals surface area contributed by atoms with Crippen molar-refractivity contribution in [3.8, 4) is 0 Å². The Balaban J connectivity index is 1.69. The van der Waals surface area contributed by atoms with Gasteiger partial charge in [0.25, 0.3) is 5.91 Å². The van der Waals surface area contributed by atoms with Gasteiger partial charge in [0.15, 0.2) is 0 Å². The molecular formula is C27H36N4O. The van der Waals surface area contributed by atoms with Gasteiger partial charge in [-0.1, -0.05) is 47.6 Å². The molecule has 4 rings (SSSR count). The fourth-order valence-electron chi connectivity index (χ4n) is 3.86. The first-order chi connectivity index (χ1) is 15.0. The zero-order chi connectivity index (χ0) is 23.1. The van der Waals surface area contributed by atoms with Crippen molar-refractivity contribution >= 4 is 17.4 Å². The molecule has 2 fully saturated rings. The summed E-state index contributed by atoms with van der Waals surface area (Å²) in [6.07, 6.45) is 6.72. The van der Waals surface area contributed by atoms with Crippen molar-refractivity contribution in [1.82, 2.24) is 15.3 Å². The molecule has 0 spiro atoms. The lowest BCUT2D eigenvalue weighted by molar-refractivity contribution is -0.118. The monoisotopic (exact) mass is 432 g/mol. The predicted octanol–water partition coefficient (Wildman–Crippen LogP) is 5.73. The molecule has 2 heterocycles. The van der Waals surface area contributed by atoms with Crippen LogP contribution in [0.5, 0.6) is 0 Å². The van der Waals surface area contributed by atoms with Crippen LogP contribution in [0.1, 0.15) is 90.6 Å². The van der Waals surface area contributed by atoms with Crippen LogP contribution in [0.15, 0.2) is 42.1 Å². The van der Waals surface area contributed by atoms with Gasteiger partial charge in [-0.2, -0.15) is 0 Å². The Bertz CT molecular complexity index is 999. The number of carbonyl (C=O) groups excluding carboxylic acids is 1. The molecule has 2 saturated carbocycles. The van der Waals surface area contributed by atoms with E-state index in [2.05, 4.69) is 69.3 Å². The number of pyridine rings is 2. The number of allylic oxidation sites excluding steroid dienone is 1. The van der Waals surface area contributed by atoms with Crippen LogP contribution in [-0.2, 0) is 15.6 Å². The van der Waals surface area contributed by atoms with Crippen molar-refractivity contribution < 1.29 is 4.79 Å². The predicted molar refractivity (Wildman–Crippen MR) is 130 cm³/mol. The van der Waals surface area contributed by atoms with Crippen molar-refractivity contribution in [2.45, 2.75) is 90.0 Å². The van der Waals surface area contributed by atoms with Crippen LogP contribution in [0.25, 0.3) is 5.70 Å². The second-order valence-electron chi connectivity index (χ2n) is 11.3. The highest BCUT2D eigenvalue weighted by molar-refractivity contribution is 6.00. The lowest BCUT2D eigenvalue weighted by Gasteiger charge is -2.30. The van der Waals surface area contributed by atoms with Crippen molar-refractivity contribution in [2.24, 2.45) is 0 Å². The number of anilines is 1. The van der Waals surface area contributed by atoms with Crippen molar-refractivity contribution in [3.63, 3.8) is 0 Å². The highest BCUT2D eigenvalue weighted by atomic mass is 16.2. The zero-order valence-electron chi connectivity index (χ0n) is 20.3. The van der Waals surface area contributed by atoms with Gasteiger partial charge in [0.1, 0.15) is 11.4 Å². The van der Waals surface area contributed by atoms with E-state index in [1.807, 2.05) is 18.2 Å². The van der Waals surface area contributed by atoms with E-state index in [1.54, 1.807) is 6.20 Å². The Kier molecular flexibility index (Phi) is 5.64. The molecule has 0 radical (unpaired) electrons. The quantitative estimate of drug-likeness (QED) is 0.633. The molecule has 5 nitrogen and oxygen atoms in total. The number of aromatic nitrogens is 2. The Morgan fingerprint density at radius 2 is 1.59 bits per heavy atom. The van der Waals surface area contributed by atoms with E-state index in [1.165, 1.54) is 12.0 Å². The lowest BCUT2D eigenvalue weighted by atomic mass is 9.83. The summed E-state index contributed by atoms with van der Waals surface area (Å²) in [5.74, 6) is 0.590. The minimum atomic E-state index is -0.567. The minimum absolute atomic E-state index is 0.00484. The lowest BCUT2D eigenvalue weighted by Crippen LogP contribution is -2.43. The molecule has 170 valence electrons. The van der Waals surface area contributed by atoms with Gasteiger partial charge in [0.2, 0.25) is 0 Å². The third kappa shape index (κ3) is 4.72. The maximum absolute atomic E-state index is 13.2. The molecule has 5 heteroatoms. The molecule has 2 aromatic rings. The number of amides is 1. The fraction of sp³-hybridized carbons (Fsp3) is 0.519. The van der Waals surface area contributed by atoms with Crippen molar-refractivity contribution in [3.05, 3.63) is 59.1 Å². The van der Waals surface area contributed by atoms with Gasteiger partial charge in [-0.25, -0.2) is 4.98 Å². The number of hydrogen-bond acceptors (Lipinski definition) is 4. The van der Waals surface area contributed by atoms with Gasteiger partial charge in [-0.15, -0.1) is 0 Å². The van der Waals surface area contributed by atoms with Gasteiger partial charge in [0.05, 0.1) is 0 Å². The van der Waals surface area contributed by atoms with Crippen molar-refractivity contribution in [1.29, 1.82) is 0 Å². The summed E-state index contributed by atoms with van der Waals surface area (Å²) in [5.41, 5.74) is 5.18. The first kappa shape index (κ1) is 22.5. The molecule has 0 unspecified atom stereocenters. The highest BCUT2D eigenvalue weighted by Crippen LogP contribution is 2.42. The number of rotatable bonds is 5. The maximum atomic E-state index is 13.2. The van der Waals surface area contributed by atoms with E-state index in [4.69, 9.17) is 4.98 Å². The van der Waals surface area contributed by atoms with Gasteiger partial charge >= 0.3 is 0 Å². The van der Waals surface area contributed by atoms with Crippen molar-refractivity contribution in [2.75, 3.05) is 5.32 Å². The molecular weight excluding hydrogens is 396 g/mol. The van der Waals surface area contributed by atoms with Gasteiger partial charge in [0, 0.05) is 39.7 Å². The fourth-order valence-corrected chi connectivity index (χ4v) is 3.86. The molecule has 0 aromatic carbocycles. The third-order valence-electron chi connectivity index (χ3n) is 6.42. The summed E-state index contributed by atoms with van der Waals surface area (Å²) < 4.78 is 0. The summed E-state index contributed by atoms with van der Waals surface area (Å²) in [4.78, 5) is 22.5. The molecule has 32 heavy (non-hydrogen) atoms. The largest absolute Gasteiger partial charge is 0.371 e. The van der Waals surface area contributed by atoms with Crippen LogP contribution < -0.4 is 10.6 Å². The van der Waals surface area contributed by atoms with Gasteiger partial charge in [-0.05, 0) is 61.9 Å². The second kappa shape index (κ2) is 8.02. The first-order valence-electron chi connectivity index (χ1n) is 11.7. The second-order valence-corrected chi connectivity index (χ2v) is 11.3. The average molecular weight is 433 g/mol. The Labute approximate surface area is 192 Å². The molecule has 0 aliphatic heterocycles. The molecule has 2 N–H and O–H groups in total. The molecule has 0 bridgehead atoms. The van der Waals surface area contributed by atoms with E-state index in [-0.39, 0.29) is 16.7 Å². The smallest absolute Gasteiger partial charge is 0.251 e. The van der Waals surface area contributed by atoms with Crippen LogP contribution in [0.4, 0.5) is 5.82 Å². The van der Waals surface area contributed by atoms with E-state index in [0.717, 1.165) is 48.3 Å². The molecule has 2 aliphatic rings. The summed E-state index contributed by atoms with van der Waals surface area (Å²) in [6.45, 7) is 13.2. The summed E-state index contributed by atoms with van der Waals surface area (Å²) in [7, 11) is 0. The van der Waals surface area contributed by atoms with Crippen LogP contribution in [0.3, 0.4) is 0 Å². The topological polar surface area (TPSA) is 66.9 Å². The Hall–Kier alpha value is -2.69. The minimum Gasteiger partial charge on any atom is -0.371 e. The first-order valence-corrected chi connectivity index (χ1v) is 11.7. The number of nitrogens with zero attached hydrogens (tertiary/aromatic N) is 2. The Morgan fingerprint density at radius 1 is 0.969 bits per heavy atom. The van der Waals surface area contributed by atoms with E-state index >= 15 is 0 Å². The highest BCUT2D eigenvalue weighted by Gasteiger charge is 2.51. The Morgan fingerprint density at radius 3 is 2.03 bits per heavy atom. The molecule has 2 aliphatic carbocycles. The normalized spacial score (nSPS) is 17.4. The van der Waals surface area contributed by atoms with Crippen LogP contribution >= 0.6 is 0 Å². The standard InChI is InChI=1S/C27H36N4O/c1-25(2,3)20-16-19(17-21(29-20)26(4,5)6)23(18-10-9-11-18)31-27(13-14-27)24(32)30-22-12-7-8-15-28-22/h7-8,12,15-17,31H,9-11,13-14H2,1-6H3,(H,28,30,32). The zero-order valence-corrected chi connectivity index (χ0v) is 20.3. The van der Waals surface area contributed by atoms with Crippen LogP contribution in [0.2, 0.25) is 0 Å². The number of hydrogen-bond donors (Lipinski definition) is 2. The molecule has 2 aromatic heterocycles. The summed E-state index contributed by atoms with van der Waals surface area (Å²) in [6, 6.07) is 10.00. The van der Waals surface area contributed by atoms with E-state index in [0.29, 0.717) is 5.82 Å². The maximum Gasteiger partial charge on any atom is 0.251 e. The molecule has 0 saturated heterocycles. The van der Waals surface area contributed by atoms with Gasteiger partial charge in [-0.3, -0.25) is 9.78 Å². The van der Waals surface area contributed by atoms with Gasteiger partial charge < -0.3 is 10.6 Å². The van der Waals surface area contributed by atoms with Crippen LogP contribution in [-0.4, -0.2) is 21.4 Å². The third-order valence-corrected chi connectivity index (χ3v) is 6.42. The SMILES string of the molecule is CC(C)(C)c1cc(C(NC2(C(=O)Nc3ccccn3)CC2)=C2CCC2)cc(C(C)(C)C)n1. The molecule has 1 amide bonds. The molecule has 0 atom stereocenters. The van der Waals surface area contributed by atoms with E-state index in [9.17, 15) is 4.79 Å². The average Bonchev–Trinajstić information content (AvgIpc) is 3.46. The number of carbonyl (C=O) groups is 1. The number of nitrogens with one attached hydrogen (secondary N) is 2. The summed E-state index contributed by atoms with van der Waals surface area (Å²) >= 11 is 0. The summed E-state index contributed by atoms with van der Waals surface area (Å²) in [5, 5.41) is 6.71. The van der Waals surface area contributed by atoms with E-state index < -0.39 is 5.54 Å².